The van der Waals surface area contributed by atoms with Crippen molar-refractivity contribution in [2.75, 3.05) is 13.1 Å². The highest BCUT2D eigenvalue weighted by atomic mass is 35.5. The molecule has 1 aromatic carbocycles. The first-order chi connectivity index (χ1) is 7.45. The van der Waals surface area contributed by atoms with Crippen molar-refractivity contribution in [2.45, 2.75) is 12.7 Å². The third-order valence-corrected chi connectivity index (χ3v) is 2.38. The predicted octanol–water partition coefficient (Wildman–Crippen LogP) is 2.41. The summed E-state index contributed by atoms with van der Waals surface area (Å²) < 4.78 is 37.2. The zero-order valence-electron chi connectivity index (χ0n) is 8.44. The molecule has 0 aliphatic heterocycles. The van der Waals surface area contributed by atoms with Crippen LogP contribution in [-0.2, 0) is 12.7 Å². The number of alkyl halides is 3. The smallest absolute Gasteiger partial charge is 0.329 e. The molecule has 0 heterocycles. The first kappa shape index (κ1) is 13.3. The molecule has 6 heteroatoms. The Morgan fingerprint density at radius 3 is 2.56 bits per heavy atom. The Morgan fingerprint density at radius 2 is 2.00 bits per heavy atom. The molecule has 0 amide bonds. The van der Waals surface area contributed by atoms with Crippen LogP contribution >= 0.6 is 11.6 Å². The van der Waals surface area contributed by atoms with Crippen molar-refractivity contribution >= 4 is 11.6 Å². The van der Waals surface area contributed by atoms with Crippen LogP contribution in [0.1, 0.15) is 11.1 Å². The topological polar surface area (TPSA) is 38.0 Å². The molecule has 0 bridgehead atoms. The number of hydrogen-bond donors (Lipinski definition) is 2. The van der Waals surface area contributed by atoms with Gasteiger partial charge in [0.1, 0.15) is 0 Å². The Labute approximate surface area is 96.6 Å². The standard InChI is InChI=1S/C10H12ClF3N2/c11-9-2-1-8(10(12,13)14)5-7(9)6-16-4-3-15/h1-2,5,16H,3-4,6,15H2. The van der Waals surface area contributed by atoms with Crippen molar-refractivity contribution in [1.29, 1.82) is 0 Å². The number of hydrogen-bond acceptors (Lipinski definition) is 2. The summed E-state index contributed by atoms with van der Waals surface area (Å²) in [5.41, 5.74) is 4.98. The fraction of sp³-hybridized carbons (Fsp3) is 0.400. The van der Waals surface area contributed by atoms with Crippen molar-refractivity contribution in [1.82, 2.24) is 5.32 Å². The maximum absolute atomic E-state index is 12.4. The molecule has 1 aromatic rings. The highest BCUT2D eigenvalue weighted by Gasteiger charge is 2.30. The maximum atomic E-state index is 12.4. The Kier molecular flexibility index (Phi) is 4.58. The van der Waals surface area contributed by atoms with E-state index in [0.29, 0.717) is 23.7 Å². The van der Waals surface area contributed by atoms with E-state index in [1.807, 2.05) is 0 Å². The molecule has 0 fully saturated rings. The second-order valence-electron chi connectivity index (χ2n) is 3.27. The van der Waals surface area contributed by atoms with Crippen molar-refractivity contribution in [3.63, 3.8) is 0 Å². The fourth-order valence-electron chi connectivity index (χ4n) is 1.21. The molecule has 0 atom stereocenters. The summed E-state index contributed by atoms with van der Waals surface area (Å²) in [5, 5.41) is 3.21. The lowest BCUT2D eigenvalue weighted by molar-refractivity contribution is -0.137. The van der Waals surface area contributed by atoms with E-state index in [4.69, 9.17) is 17.3 Å². The fourth-order valence-corrected chi connectivity index (χ4v) is 1.40. The van der Waals surface area contributed by atoms with Gasteiger partial charge >= 0.3 is 6.18 Å². The minimum atomic E-state index is -4.34. The Morgan fingerprint density at radius 1 is 1.31 bits per heavy atom. The van der Waals surface area contributed by atoms with Gasteiger partial charge in [0.05, 0.1) is 5.56 Å². The van der Waals surface area contributed by atoms with Crippen LogP contribution in [0.4, 0.5) is 13.2 Å². The molecule has 0 aliphatic rings. The molecule has 0 aromatic heterocycles. The zero-order valence-corrected chi connectivity index (χ0v) is 9.20. The lowest BCUT2D eigenvalue weighted by Crippen LogP contribution is -2.22. The molecule has 2 nitrogen and oxygen atoms in total. The van der Waals surface area contributed by atoms with E-state index < -0.39 is 11.7 Å². The number of halogens is 4. The van der Waals surface area contributed by atoms with Crippen LogP contribution in [0, 0.1) is 0 Å². The molecule has 0 saturated heterocycles. The summed E-state index contributed by atoms with van der Waals surface area (Å²) in [6.45, 7) is 1.24. The van der Waals surface area contributed by atoms with Crippen LogP contribution < -0.4 is 11.1 Å². The first-order valence-electron chi connectivity index (χ1n) is 4.71. The third kappa shape index (κ3) is 3.66. The zero-order chi connectivity index (χ0) is 12.2. The van der Waals surface area contributed by atoms with E-state index >= 15 is 0 Å². The second-order valence-corrected chi connectivity index (χ2v) is 3.68. The minimum absolute atomic E-state index is 0.278. The van der Waals surface area contributed by atoms with Gasteiger partial charge in [-0.25, -0.2) is 0 Å². The Balaban J connectivity index is 2.83. The normalized spacial score (nSPS) is 11.8. The van der Waals surface area contributed by atoms with Crippen molar-refractivity contribution < 1.29 is 13.2 Å². The van der Waals surface area contributed by atoms with E-state index in [1.54, 1.807) is 0 Å². The van der Waals surface area contributed by atoms with E-state index in [-0.39, 0.29) is 6.54 Å². The van der Waals surface area contributed by atoms with Gasteiger partial charge in [-0.15, -0.1) is 0 Å². The molecule has 0 aliphatic carbocycles. The Hall–Kier alpha value is -0.780. The SMILES string of the molecule is NCCNCc1cc(C(F)(F)F)ccc1Cl. The molecule has 1 rings (SSSR count). The highest BCUT2D eigenvalue weighted by Crippen LogP contribution is 2.31. The maximum Gasteiger partial charge on any atom is 0.416 e. The highest BCUT2D eigenvalue weighted by molar-refractivity contribution is 6.31. The quantitative estimate of drug-likeness (QED) is 0.808. The largest absolute Gasteiger partial charge is 0.416 e. The van der Waals surface area contributed by atoms with Gasteiger partial charge in [-0.3, -0.25) is 0 Å². The summed E-state index contributed by atoms with van der Waals surface area (Å²) in [6, 6.07) is 3.27. The van der Waals surface area contributed by atoms with Gasteiger partial charge in [0.25, 0.3) is 0 Å². The summed E-state index contributed by atoms with van der Waals surface area (Å²) in [4.78, 5) is 0. The van der Waals surface area contributed by atoms with Crippen LogP contribution in [0.2, 0.25) is 5.02 Å². The van der Waals surface area contributed by atoms with Gasteiger partial charge < -0.3 is 11.1 Å². The first-order valence-corrected chi connectivity index (χ1v) is 5.09. The molecular formula is C10H12ClF3N2. The number of benzene rings is 1. The van der Waals surface area contributed by atoms with Gasteiger partial charge in [0.15, 0.2) is 0 Å². The summed E-state index contributed by atoms with van der Waals surface area (Å²) in [7, 11) is 0. The van der Waals surface area contributed by atoms with Gasteiger partial charge in [-0.05, 0) is 23.8 Å². The lowest BCUT2D eigenvalue weighted by Gasteiger charge is -2.10. The summed E-state index contributed by atoms with van der Waals surface area (Å²) in [5.74, 6) is 0. The van der Waals surface area contributed by atoms with E-state index in [0.717, 1.165) is 12.1 Å². The monoisotopic (exact) mass is 252 g/mol. The van der Waals surface area contributed by atoms with Gasteiger partial charge in [0, 0.05) is 24.7 Å². The van der Waals surface area contributed by atoms with Crippen molar-refractivity contribution in [2.24, 2.45) is 5.73 Å². The predicted molar refractivity (Wildman–Crippen MR) is 57.2 cm³/mol. The lowest BCUT2D eigenvalue weighted by atomic mass is 10.1. The van der Waals surface area contributed by atoms with Crippen LogP contribution in [0.5, 0.6) is 0 Å². The second kappa shape index (κ2) is 5.52. The molecule has 0 spiro atoms. The molecular weight excluding hydrogens is 241 g/mol. The van der Waals surface area contributed by atoms with Crippen LogP contribution in [0.15, 0.2) is 18.2 Å². The molecule has 0 radical (unpaired) electrons. The average molecular weight is 253 g/mol. The van der Waals surface area contributed by atoms with Gasteiger partial charge in [0.2, 0.25) is 0 Å². The van der Waals surface area contributed by atoms with E-state index in [9.17, 15) is 13.2 Å². The molecule has 0 unspecified atom stereocenters. The van der Waals surface area contributed by atoms with Gasteiger partial charge in [-0.1, -0.05) is 11.6 Å². The number of nitrogens with two attached hydrogens (primary N) is 1. The average Bonchev–Trinajstić information content (AvgIpc) is 2.19. The number of nitrogens with one attached hydrogen (secondary N) is 1. The van der Waals surface area contributed by atoms with Gasteiger partial charge in [-0.2, -0.15) is 13.2 Å². The third-order valence-electron chi connectivity index (χ3n) is 2.01. The van der Waals surface area contributed by atoms with Crippen LogP contribution in [0.3, 0.4) is 0 Å². The minimum Gasteiger partial charge on any atom is -0.329 e. The number of rotatable bonds is 4. The van der Waals surface area contributed by atoms with Crippen LogP contribution in [-0.4, -0.2) is 13.1 Å². The summed E-state index contributed by atoms with van der Waals surface area (Å²) in [6.07, 6.45) is -4.34. The molecule has 90 valence electrons. The molecule has 0 saturated carbocycles. The Bertz CT molecular complexity index is 352. The van der Waals surface area contributed by atoms with Crippen molar-refractivity contribution in [3.05, 3.63) is 34.3 Å². The van der Waals surface area contributed by atoms with E-state index in [2.05, 4.69) is 5.32 Å². The molecule has 16 heavy (non-hydrogen) atoms. The summed E-state index contributed by atoms with van der Waals surface area (Å²) >= 11 is 5.79. The molecule has 3 N–H and O–H groups in total. The van der Waals surface area contributed by atoms with Crippen molar-refractivity contribution in [3.8, 4) is 0 Å². The van der Waals surface area contributed by atoms with Crippen LogP contribution in [0.25, 0.3) is 0 Å². The van der Waals surface area contributed by atoms with E-state index in [1.165, 1.54) is 6.07 Å².